The Labute approximate surface area is 128 Å². The lowest BCUT2D eigenvalue weighted by Gasteiger charge is -2.17. The second-order valence-corrected chi connectivity index (χ2v) is 5.74. The van der Waals surface area contributed by atoms with Crippen LogP contribution in [-0.4, -0.2) is 20.2 Å². The highest BCUT2D eigenvalue weighted by molar-refractivity contribution is 5.31. The van der Waals surface area contributed by atoms with Crippen LogP contribution in [0.1, 0.15) is 22.3 Å². The van der Waals surface area contributed by atoms with Gasteiger partial charge in [0.1, 0.15) is 5.75 Å². The van der Waals surface area contributed by atoms with Crippen molar-refractivity contribution in [2.24, 2.45) is 0 Å². The molecule has 0 heterocycles. The summed E-state index contributed by atoms with van der Waals surface area (Å²) in [6.07, 6.45) is 2.04. The Hall–Kier alpha value is -1.80. The zero-order valence-electron chi connectivity index (χ0n) is 13.4. The number of aryl methyl sites for hydroxylation is 2. The van der Waals surface area contributed by atoms with Crippen molar-refractivity contribution < 1.29 is 4.74 Å². The van der Waals surface area contributed by atoms with Crippen LogP contribution < -0.4 is 10.1 Å². The smallest absolute Gasteiger partial charge is 0.119 e. The summed E-state index contributed by atoms with van der Waals surface area (Å²) in [5, 5.41) is 3.43. The first kappa shape index (κ1) is 15.6. The van der Waals surface area contributed by atoms with Gasteiger partial charge in [0.15, 0.2) is 0 Å². The van der Waals surface area contributed by atoms with Gasteiger partial charge >= 0.3 is 0 Å². The van der Waals surface area contributed by atoms with E-state index in [4.69, 9.17) is 4.74 Å². The van der Waals surface area contributed by atoms with Crippen LogP contribution in [0.4, 0.5) is 0 Å². The van der Waals surface area contributed by atoms with E-state index in [-0.39, 0.29) is 0 Å². The van der Waals surface area contributed by atoms with Crippen molar-refractivity contribution in [3.8, 4) is 5.75 Å². The van der Waals surface area contributed by atoms with Crippen LogP contribution in [0.25, 0.3) is 0 Å². The predicted octanol–water partition coefficient (Wildman–Crippen LogP) is 3.69. The zero-order chi connectivity index (χ0) is 15.2. The molecule has 112 valence electrons. The molecular formula is C19H25NO. The molecule has 1 N–H and O–H groups in total. The van der Waals surface area contributed by atoms with Gasteiger partial charge in [-0.1, -0.05) is 41.5 Å². The molecule has 0 aliphatic heterocycles. The number of hydrogen-bond acceptors (Lipinski definition) is 2. The molecule has 2 nitrogen and oxygen atoms in total. The van der Waals surface area contributed by atoms with Crippen LogP contribution in [0.5, 0.6) is 5.75 Å². The van der Waals surface area contributed by atoms with Crippen molar-refractivity contribution in [1.29, 1.82) is 0 Å². The SMILES string of the molecule is CNC(Cc1cc(C)cc(C)c1)Cc1cccc(OC)c1. The Morgan fingerprint density at radius 2 is 1.62 bits per heavy atom. The van der Waals surface area contributed by atoms with E-state index in [1.807, 2.05) is 13.1 Å². The van der Waals surface area contributed by atoms with E-state index >= 15 is 0 Å². The van der Waals surface area contributed by atoms with Crippen molar-refractivity contribution in [2.75, 3.05) is 14.2 Å². The first-order chi connectivity index (χ1) is 10.1. The molecule has 0 saturated carbocycles. The molecule has 1 unspecified atom stereocenters. The van der Waals surface area contributed by atoms with E-state index in [0.29, 0.717) is 6.04 Å². The largest absolute Gasteiger partial charge is 0.497 e. The second kappa shape index (κ2) is 7.28. The molecule has 2 rings (SSSR count). The van der Waals surface area contributed by atoms with Crippen LogP contribution in [0.2, 0.25) is 0 Å². The van der Waals surface area contributed by atoms with E-state index < -0.39 is 0 Å². The molecule has 0 saturated heterocycles. The number of benzene rings is 2. The average molecular weight is 283 g/mol. The molecule has 2 aromatic carbocycles. The highest BCUT2D eigenvalue weighted by atomic mass is 16.5. The number of rotatable bonds is 6. The van der Waals surface area contributed by atoms with Crippen molar-refractivity contribution in [3.05, 3.63) is 64.7 Å². The van der Waals surface area contributed by atoms with Gasteiger partial charge in [-0.05, 0) is 57.0 Å². The third-order valence-electron chi connectivity index (χ3n) is 3.79. The van der Waals surface area contributed by atoms with Gasteiger partial charge in [0.05, 0.1) is 7.11 Å². The Balaban J connectivity index is 2.08. The Kier molecular flexibility index (Phi) is 5.40. The van der Waals surface area contributed by atoms with Gasteiger partial charge in [-0.3, -0.25) is 0 Å². The van der Waals surface area contributed by atoms with E-state index in [0.717, 1.165) is 18.6 Å². The number of likely N-dealkylation sites (N-methyl/N-ethyl adjacent to an activating group) is 1. The number of hydrogen-bond donors (Lipinski definition) is 1. The van der Waals surface area contributed by atoms with Gasteiger partial charge < -0.3 is 10.1 Å². The number of methoxy groups -OCH3 is 1. The molecule has 0 aliphatic carbocycles. The third-order valence-corrected chi connectivity index (χ3v) is 3.79. The van der Waals surface area contributed by atoms with Gasteiger partial charge in [-0.25, -0.2) is 0 Å². The summed E-state index contributed by atoms with van der Waals surface area (Å²) in [6, 6.07) is 15.5. The van der Waals surface area contributed by atoms with Crippen LogP contribution in [-0.2, 0) is 12.8 Å². The van der Waals surface area contributed by atoms with Crippen LogP contribution in [0, 0.1) is 13.8 Å². The van der Waals surface area contributed by atoms with E-state index in [1.54, 1.807) is 7.11 Å². The first-order valence-electron chi connectivity index (χ1n) is 7.48. The average Bonchev–Trinajstić information content (AvgIpc) is 2.45. The molecule has 0 radical (unpaired) electrons. The van der Waals surface area contributed by atoms with Gasteiger partial charge in [0, 0.05) is 6.04 Å². The minimum atomic E-state index is 0.429. The summed E-state index contributed by atoms with van der Waals surface area (Å²) >= 11 is 0. The fourth-order valence-electron chi connectivity index (χ4n) is 2.83. The highest BCUT2D eigenvalue weighted by Crippen LogP contribution is 2.16. The molecule has 1 atom stereocenters. The van der Waals surface area contributed by atoms with E-state index in [2.05, 4.69) is 55.6 Å². The first-order valence-corrected chi connectivity index (χ1v) is 7.48. The zero-order valence-corrected chi connectivity index (χ0v) is 13.4. The standard InChI is InChI=1S/C19H25NO/c1-14-8-15(2)10-17(9-14)12-18(20-3)11-16-6-5-7-19(13-16)21-4/h5-10,13,18,20H,11-12H2,1-4H3. The number of nitrogens with one attached hydrogen (secondary N) is 1. The summed E-state index contributed by atoms with van der Waals surface area (Å²) in [5.41, 5.74) is 5.37. The van der Waals surface area contributed by atoms with Crippen LogP contribution >= 0.6 is 0 Å². The maximum atomic E-state index is 5.30. The van der Waals surface area contributed by atoms with Gasteiger partial charge in [-0.2, -0.15) is 0 Å². The maximum absolute atomic E-state index is 5.30. The Bertz CT molecular complexity index is 572. The predicted molar refractivity (Wildman–Crippen MR) is 89.2 cm³/mol. The Morgan fingerprint density at radius 1 is 0.952 bits per heavy atom. The lowest BCUT2D eigenvalue weighted by molar-refractivity contribution is 0.414. The van der Waals surface area contributed by atoms with Crippen LogP contribution in [0.15, 0.2) is 42.5 Å². The quantitative estimate of drug-likeness (QED) is 0.873. The summed E-state index contributed by atoms with van der Waals surface area (Å²) < 4.78 is 5.30. The summed E-state index contributed by atoms with van der Waals surface area (Å²) in [4.78, 5) is 0. The van der Waals surface area contributed by atoms with Gasteiger partial charge in [0.2, 0.25) is 0 Å². The van der Waals surface area contributed by atoms with E-state index in [9.17, 15) is 0 Å². The van der Waals surface area contributed by atoms with Gasteiger partial charge in [-0.15, -0.1) is 0 Å². The van der Waals surface area contributed by atoms with Gasteiger partial charge in [0.25, 0.3) is 0 Å². The molecule has 0 aliphatic rings. The lowest BCUT2D eigenvalue weighted by Crippen LogP contribution is -2.30. The second-order valence-electron chi connectivity index (χ2n) is 5.74. The fourth-order valence-corrected chi connectivity index (χ4v) is 2.83. The highest BCUT2D eigenvalue weighted by Gasteiger charge is 2.10. The van der Waals surface area contributed by atoms with Crippen molar-refractivity contribution in [3.63, 3.8) is 0 Å². The molecular weight excluding hydrogens is 258 g/mol. The third kappa shape index (κ3) is 4.61. The lowest BCUT2D eigenvalue weighted by atomic mass is 9.97. The van der Waals surface area contributed by atoms with Crippen molar-refractivity contribution in [2.45, 2.75) is 32.7 Å². The van der Waals surface area contributed by atoms with E-state index in [1.165, 1.54) is 22.3 Å². The summed E-state index contributed by atoms with van der Waals surface area (Å²) in [6.45, 7) is 4.32. The van der Waals surface area contributed by atoms with Crippen molar-refractivity contribution >= 4 is 0 Å². The maximum Gasteiger partial charge on any atom is 0.119 e. The topological polar surface area (TPSA) is 21.3 Å². The molecule has 0 bridgehead atoms. The summed E-state index contributed by atoms with van der Waals surface area (Å²) in [5.74, 6) is 0.925. The summed E-state index contributed by atoms with van der Waals surface area (Å²) in [7, 11) is 3.75. The molecule has 0 spiro atoms. The number of ether oxygens (including phenoxy) is 1. The fraction of sp³-hybridized carbons (Fsp3) is 0.368. The normalized spacial score (nSPS) is 12.2. The molecule has 21 heavy (non-hydrogen) atoms. The Morgan fingerprint density at radius 3 is 2.24 bits per heavy atom. The van der Waals surface area contributed by atoms with Crippen molar-refractivity contribution in [1.82, 2.24) is 5.32 Å². The molecule has 2 heteroatoms. The minimum Gasteiger partial charge on any atom is -0.497 e. The molecule has 0 aromatic heterocycles. The molecule has 0 amide bonds. The minimum absolute atomic E-state index is 0.429. The molecule has 0 fully saturated rings. The molecule has 2 aromatic rings. The monoisotopic (exact) mass is 283 g/mol. The van der Waals surface area contributed by atoms with Crippen LogP contribution in [0.3, 0.4) is 0 Å².